The van der Waals surface area contributed by atoms with Gasteiger partial charge in [-0.25, -0.2) is 8.42 Å². The van der Waals surface area contributed by atoms with Crippen molar-refractivity contribution >= 4 is 41.7 Å². The number of aliphatic hydroxyl groups is 1. The van der Waals surface area contributed by atoms with Gasteiger partial charge in [-0.3, -0.25) is 0 Å². The number of rotatable bonds is 2. The van der Waals surface area contributed by atoms with Crippen LogP contribution in [0, 0.1) is 6.92 Å². The quantitative estimate of drug-likeness (QED) is 0.809. The van der Waals surface area contributed by atoms with Crippen LogP contribution in [-0.4, -0.2) is 24.5 Å². The second-order valence-corrected chi connectivity index (χ2v) is 9.02. The third-order valence-electron chi connectivity index (χ3n) is 3.58. The molecule has 2 atom stereocenters. The van der Waals surface area contributed by atoms with E-state index in [4.69, 9.17) is 0 Å². The van der Waals surface area contributed by atoms with Crippen LogP contribution in [0.3, 0.4) is 0 Å². The molecule has 2 unspecified atom stereocenters. The first-order valence-corrected chi connectivity index (χ1v) is 9.48. The summed E-state index contributed by atoms with van der Waals surface area (Å²) in [7, 11) is -3.20. The van der Waals surface area contributed by atoms with Crippen LogP contribution in [0.4, 0.5) is 0 Å². The van der Waals surface area contributed by atoms with Gasteiger partial charge in [0.05, 0.1) is 17.1 Å². The van der Waals surface area contributed by atoms with Crippen molar-refractivity contribution < 1.29 is 13.5 Å². The summed E-state index contributed by atoms with van der Waals surface area (Å²) >= 11 is 6.83. The molecule has 0 spiro atoms. The summed E-state index contributed by atoms with van der Waals surface area (Å²) in [5, 5.41) is 9.76. The molecular formula is C13H16Br2O3S. The van der Waals surface area contributed by atoms with Crippen molar-refractivity contribution in [3.05, 3.63) is 32.2 Å². The fraction of sp³-hybridized carbons (Fsp3) is 0.538. The Kier molecular flexibility index (Phi) is 4.75. The molecule has 0 saturated carbocycles. The minimum atomic E-state index is -3.20. The van der Waals surface area contributed by atoms with E-state index in [2.05, 4.69) is 31.9 Å². The molecule has 6 heteroatoms. The highest BCUT2D eigenvalue weighted by Gasteiger charge is 2.36. The molecule has 0 aromatic heterocycles. The summed E-state index contributed by atoms with van der Waals surface area (Å²) in [5.41, 5.74) is 1.67. The number of sulfone groups is 1. The molecule has 1 heterocycles. The van der Waals surface area contributed by atoms with Gasteiger partial charge in [0.25, 0.3) is 0 Å². The highest BCUT2D eigenvalue weighted by Crippen LogP contribution is 2.36. The predicted molar refractivity (Wildman–Crippen MR) is 83.0 cm³/mol. The van der Waals surface area contributed by atoms with E-state index in [0.717, 1.165) is 20.9 Å². The average molecular weight is 412 g/mol. The summed E-state index contributed by atoms with van der Waals surface area (Å²) in [6, 6.07) is 3.69. The molecule has 1 N–H and O–H groups in total. The van der Waals surface area contributed by atoms with Crippen LogP contribution in [0.1, 0.15) is 36.5 Å². The third-order valence-corrected chi connectivity index (χ3v) is 7.39. The summed E-state index contributed by atoms with van der Waals surface area (Å²) in [6.07, 6.45) is 1.11. The Morgan fingerprint density at radius 2 is 1.95 bits per heavy atom. The number of aryl methyl sites for hydroxylation is 1. The molecule has 1 saturated heterocycles. The maximum atomic E-state index is 12.1. The first-order chi connectivity index (χ1) is 8.83. The number of hydrogen-bond acceptors (Lipinski definition) is 3. The van der Waals surface area contributed by atoms with Gasteiger partial charge in [0.15, 0.2) is 9.84 Å². The zero-order valence-corrected chi connectivity index (χ0v) is 14.6. The molecule has 1 aromatic rings. The molecule has 0 radical (unpaired) electrons. The van der Waals surface area contributed by atoms with Gasteiger partial charge in [0.2, 0.25) is 0 Å². The van der Waals surface area contributed by atoms with Crippen LogP contribution in [0.15, 0.2) is 21.1 Å². The van der Waals surface area contributed by atoms with Gasteiger partial charge in [-0.05, 0) is 43.0 Å². The lowest BCUT2D eigenvalue weighted by Crippen LogP contribution is -2.34. The van der Waals surface area contributed by atoms with Crippen molar-refractivity contribution in [3.63, 3.8) is 0 Å². The summed E-state index contributed by atoms with van der Waals surface area (Å²) in [4.78, 5) is 0. The lowest BCUT2D eigenvalue weighted by molar-refractivity contribution is 0.163. The molecule has 3 nitrogen and oxygen atoms in total. The van der Waals surface area contributed by atoms with Crippen LogP contribution < -0.4 is 0 Å². The zero-order chi connectivity index (χ0) is 14.2. The molecule has 2 rings (SSSR count). The highest BCUT2D eigenvalue weighted by atomic mass is 79.9. The van der Waals surface area contributed by atoms with Crippen LogP contribution in [0.2, 0.25) is 0 Å². The fourth-order valence-corrected chi connectivity index (χ4v) is 5.45. The van der Waals surface area contributed by atoms with Gasteiger partial charge in [-0.2, -0.15) is 0 Å². The zero-order valence-electron chi connectivity index (χ0n) is 10.6. The van der Waals surface area contributed by atoms with Crippen molar-refractivity contribution in [2.75, 3.05) is 5.75 Å². The van der Waals surface area contributed by atoms with Crippen molar-refractivity contribution in [1.82, 2.24) is 0 Å². The Bertz CT molecular complexity index is 584. The molecule has 0 aliphatic carbocycles. The fourth-order valence-electron chi connectivity index (χ4n) is 2.42. The first kappa shape index (κ1) is 15.5. The number of aliphatic hydroxyl groups excluding tert-OH is 1. The standard InChI is InChI=1S/C13H16Br2O3S/c1-8-6-11(15)9(7-10(8)14)13(16)12-4-2-3-5-19(12,17)18/h6-7,12-13,16H,2-5H2,1H3. The van der Waals surface area contributed by atoms with Crippen molar-refractivity contribution in [3.8, 4) is 0 Å². The largest absolute Gasteiger partial charge is 0.387 e. The lowest BCUT2D eigenvalue weighted by Gasteiger charge is -2.27. The van der Waals surface area contributed by atoms with E-state index >= 15 is 0 Å². The van der Waals surface area contributed by atoms with Crippen LogP contribution in [0.5, 0.6) is 0 Å². The van der Waals surface area contributed by atoms with E-state index in [1.54, 1.807) is 6.07 Å². The summed E-state index contributed by atoms with van der Waals surface area (Å²) < 4.78 is 25.8. The minimum absolute atomic E-state index is 0.180. The molecule has 1 aliphatic heterocycles. The minimum Gasteiger partial charge on any atom is -0.387 e. The summed E-state index contributed by atoms with van der Waals surface area (Å²) in [5.74, 6) is 0.180. The van der Waals surface area contributed by atoms with E-state index < -0.39 is 21.2 Å². The van der Waals surface area contributed by atoms with E-state index in [0.29, 0.717) is 18.4 Å². The van der Waals surface area contributed by atoms with Gasteiger partial charge in [0.1, 0.15) is 0 Å². The highest BCUT2D eigenvalue weighted by molar-refractivity contribution is 9.11. The molecular weight excluding hydrogens is 396 g/mol. The second kappa shape index (κ2) is 5.84. The molecule has 19 heavy (non-hydrogen) atoms. The average Bonchev–Trinajstić information content (AvgIpc) is 2.32. The smallest absolute Gasteiger partial charge is 0.156 e. The summed E-state index contributed by atoms with van der Waals surface area (Å²) in [6.45, 7) is 1.95. The lowest BCUT2D eigenvalue weighted by atomic mass is 10.0. The number of hydrogen-bond donors (Lipinski definition) is 1. The van der Waals surface area contributed by atoms with Crippen LogP contribution >= 0.6 is 31.9 Å². The molecule has 0 amide bonds. The Balaban J connectivity index is 2.39. The normalized spacial score (nSPS) is 24.1. The van der Waals surface area contributed by atoms with Gasteiger partial charge < -0.3 is 5.11 Å². The van der Waals surface area contributed by atoms with Gasteiger partial charge in [-0.15, -0.1) is 0 Å². The number of benzene rings is 1. The van der Waals surface area contributed by atoms with Gasteiger partial charge >= 0.3 is 0 Å². The third kappa shape index (κ3) is 3.23. The molecule has 1 aliphatic rings. The van der Waals surface area contributed by atoms with Gasteiger partial charge in [0, 0.05) is 8.95 Å². The van der Waals surface area contributed by atoms with E-state index in [1.165, 1.54) is 0 Å². The Hall–Kier alpha value is 0.0900. The van der Waals surface area contributed by atoms with E-state index in [9.17, 15) is 13.5 Å². The van der Waals surface area contributed by atoms with E-state index in [-0.39, 0.29) is 5.75 Å². The van der Waals surface area contributed by atoms with Crippen molar-refractivity contribution in [1.29, 1.82) is 0 Å². The van der Waals surface area contributed by atoms with Crippen LogP contribution in [0.25, 0.3) is 0 Å². The van der Waals surface area contributed by atoms with E-state index in [1.807, 2.05) is 13.0 Å². The van der Waals surface area contributed by atoms with Crippen LogP contribution in [-0.2, 0) is 9.84 Å². The Morgan fingerprint density at radius 3 is 2.58 bits per heavy atom. The topological polar surface area (TPSA) is 54.4 Å². The maximum absolute atomic E-state index is 12.1. The molecule has 1 aromatic carbocycles. The van der Waals surface area contributed by atoms with Gasteiger partial charge in [-0.1, -0.05) is 38.3 Å². The maximum Gasteiger partial charge on any atom is 0.156 e. The number of halogens is 2. The molecule has 106 valence electrons. The Morgan fingerprint density at radius 1 is 1.26 bits per heavy atom. The Labute approximate surface area is 130 Å². The predicted octanol–water partition coefficient (Wildman–Crippen LogP) is 3.52. The molecule has 1 fully saturated rings. The van der Waals surface area contributed by atoms with Crippen molar-refractivity contribution in [2.24, 2.45) is 0 Å². The molecule has 0 bridgehead atoms. The second-order valence-electron chi connectivity index (χ2n) is 4.97. The SMILES string of the molecule is Cc1cc(Br)c(C(O)C2CCCCS2(=O)=O)cc1Br. The van der Waals surface area contributed by atoms with Crippen molar-refractivity contribution in [2.45, 2.75) is 37.5 Å². The first-order valence-electron chi connectivity index (χ1n) is 6.18. The monoisotopic (exact) mass is 410 g/mol.